The van der Waals surface area contributed by atoms with Crippen molar-refractivity contribution < 1.29 is 4.74 Å². The molecule has 8 heteroatoms. The largest absolute Gasteiger partial charge is 0.496 e. The van der Waals surface area contributed by atoms with Crippen LogP contribution in [0.3, 0.4) is 0 Å². The highest BCUT2D eigenvalue weighted by molar-refractivity contribution is 5.80. The van der Waals surface area contributed by atoms with Gasteiger partial charge in [-0.1, -0.05) is 17.3 Å². The van der Waals surface area contributed by atoms with E-state index in [0.717, 1.165) is 27.9 Å². The Labute approximate surface area is 143 Å². The molecule has 0 N–H and O–H groups in total. The highest BCUT2D eigenvalue weighted by Gasteiger charge is 2.09. The molecule has 0 saturated heterocycles. The number of hydrogen-bond acceptors (Lipinski definition) is 6. The summed E-state index contributed by atoms with van der Waals surface area (Å²) in [6.45, 7) is 0.554. The Hall–Kier alpha value is -3.55. The average Bonchev–Trinajstić information content (AvgIpc) is 3.30. The highest BCUT2D eigenvalue weighted by Crippen LogP contribution is 2.22. The summed E-state index contributed by atoms with van der Waals surface area (Å²) in [7, 11) is 1.66. The minimum Gasteiger partial charge on any atom is -0.496 e. The third-order valence-electron chi connectivity index (χ3n) is 3.79. The van der Waals surface area contributed by atoms with Crippen LogP contribution < -0.4 is 4.74 Å². The van der Waals surface area contributed by atoms with E-state index in [1.807, 2.05) is 47.1 Å². The SMILES string of the molecule is COc1ccc(C=Nn2cnnc2)cc1Cn1nnc2ccccc21. The maximum Gasteiger partial charge on any atom is 0.141 e. The Kier molecular flexibility index (Phi) is 3.91. The zero-order valence-electron chi connectivity index (χ0n) is 13.5. The summed E-state index contributed by atoms with van der Waals surface area (Å²) in [4.78, 5) is 0. The van der Waals surface area contributed by atoms with Crippen LogP contribution in [0, 0.1) is 0 Å². The highest BCUT2D eigenvalue weighted by atomic mass is 16.5. The van der Waals surface area contributed by atoms with Crippen LogP contribution in [-0.4, -0.2) is 43.2 Å². The van der Waals surface area contributed by atoms with Crippen LogP contribution in [0.25, 0.3) is 11.0 Å². The number of rotatable bonds is 5. The predicted octanol–water partition coefficient (Wildman–Crippen LogP) is 1.96. The molecule has 0 unspecified atom stereocenters. The standard InChI is InChI=1S/C17H15N7O/c1-25-17-7-6-13(9-20-23-11-18-19-12-23)8-14(17)10-24-16-5-3-2-4-15(16)21-22-24/h2-9,11-12H,10H2,1H3. The number of benzene rings is 2. The minimum atomic E-state index is 0.554. The monoisotopic (exact) mass is 333 g/mol. The number of fused-ring (bicyclic) bond motifs is 1. The lowest BCUT2D eigenvalue weighted by molar-refractivity contribution is 0.407. The Bertz CT molecular complexity index is 1020. The van der Waals surface area contributed by atoms with Crippen molar-refractivity contribution in [3.05, 3.63) is 66.2 Å². The lowest BCUT2D eigenvalue weighted by Crippen LogP contribution is -2.04. The second-order valence-corrected chi connectivity index (χ2v) is 5.39. The average molecular weight is 333 g/mol. The molecule has 0 spiro atoms. The van der Waals surface area contributed by atoms with E-state index in [9.17, 15) is 0 Å². The molecule has 25 heavy (non-hydrogen) atoms. The van der Waals surface area contributed by atoms with Gasteiger partial charge >= 0.3 is 0 Å². The van der Waals surface area contributed by atoms with Gasteiger partial charge in [-0.3, -0.25) is 0 Å². The second kappa shape index (κ2) is 6.52. The van der Waals surface area contributed by atoms with Gasteiger partial charge in [0.2, 0.25) is 0 Å². The van der Waals surface area contributed by atoms with Gasteiger partial charge in [0.05, 0.1) is 25.4 Å². The van der Waals surface area contributed by atoms with Crippen molar-refractivity contribution in [3.63, 3.8) is 0 Å². The van der Waals surface area contributed by atoms with Crippen molar-refractivity contribution in [2.45, 2.75) is 6.54 Å². The maximum absolute atomic E-state index is 5.48. The second-order valence-electron chi connectivity index (χ2n) is 5.39. The Morgan fingerprint density at radius 1 is 1.12 bits per heavy atom. The van der Waals surface area contributed by atoms with Crippen molar-refractivity contribution in [1.29, 1.82) is 0 Å². The molecular formula is C17H15N7O. The summed E-state index contributed by atoms with van der Waals surface area (Å²) in [5.41, 5.74) is 3.78. The van der Waals surface area contributed by atoms with Crippen LogP contribution in [0.15, 0.2) is 60.2 Å². The minimum absolute atomic E-state index is 0.554. The molecule has 0 amide bonds. The molecule has 2 aromatic carbocycles. The fourth-order valence-corrected chi connectivity index (χ4v) is 2.59. The molecule has 0 fully saturated rings. The molecule has 4 aromatic rings. The summed E-state index contributed by atoms with van der Waals surface area (Å²) in [5.74, 6) is 0.793. The molecule has 0 radical (unpaired) electrons. The van der Waals surface area contributed by atoms with E-state index in [4.69, 9.17) is 4.74 Å². The summed E-state index contributed by atoms with van der Waals surface area (Å²) >= 11 is 0. The third-order valence-corrected chi connectivity index (χ3v) is 3.79. The topological polar surface area (TPSA) is 83.0 Å². The number of ether oxygens (including phenoxy) is 1. The van der Waals surface area contributed by atoms with Gasteiger partial charge in [0, 0.05) is 5.56 Å². The molecule has 0 aliphatic heterocycles. The first-order valence-corrected chi connectivity index (χ1v) is 7.67. The van der Waals surface area contributed by atoms with Crippen molar-refractivity contribution in [2.24, 2.45) is 5.10 Å². The zero-order chi connectivity index (χ0) is 17.1. The van der Waals surface area contributed by atoms with Gasteiger partial charge in [0.15, 0.2) is 0 Å². The van der Waals surface area contributed by atoms with Crippen LogP contribution in [-0.2, 0) is 6.54 Å². The maximum atomic E-state index is 5.48. The van der Waals surface area contributed by atoms with Crippen LogP contribution in [0.1, 0.15) is 11.1 Å². The van der Waals surface area contributed by atoms with Crippen LogP contribution in [0.2, 0.25) is 0 Å². The van der Waals surface area contributed by atoms with E-state index in [0.29, 0.717) is 6.54 Å². The molecule has 0 aliphatic rings. The number of aromatic nitrogens is 6. The van der Waals surface area contributed by atoms with E-state index in [2.05, 4.69) is 25.6 Å². The Balaban J connectivity index is 1.66. The molecule has 0 bridgehead atoms. The predicted molar refractivity (Wildman–Crippen MR) is 92.6 cm³/mol. The van der Waals surface area contributed by atoms with Crippen molar-refractivity contribution in [2.75, 3.05) is 7.11 Å². The van der Waals surface area contributed by atoms with Crippen molar-refractivity contribution in [1.82, 2.24) is 29.9 Å². The van der Waals surface area contributed by atoms with Gasteiger partial charge in [0.25, 0.3) is 0 Å². The third kappa shape index (κ3) is 3.09. The van der Waals surface area contributed by atoms with E-state index in [1.165, 1.54) is 17.3 Å². The normalized spacial score (nSPS) is 11.4. The first-order chi connectivity index (χ1) is 12.3. The fourth-order valence-electron chi connectivity index (χ4n) is 2.59. The van der Waals surface area contributed by atoms with Gasteiger partial charge in [-0.15, -0.1) is 15.3 Å². The first kappa shape index (κ1) is 15.0. The van der Waals surface area contributed by atoms with E-state index >= 15 is 0 Å². The summed E-state index contributed by atoms with van der Waals surface area (Å²) in [6, 6.07) is 13.7. The van der Waals surface area contributed by atoms with E-state index in [1.54, 1.807) is 13.3 Å². The molecule has 2 heterocycles. The van der Waals surface area contributed by atoms with Crippen LogP contribution >= 0.6 is 0 Å². The van der Waals surface area contributed by atoms with Gasteiger partial charge < -0.3 is 4.74 Å². The molecule has 2 aromatic heterocycles. The lowest BCUT2D eigenvalue weighted by Gasteiger charge is -2.10. The fraction of sp³-hybridized carbons (Fsp3) is 0.118. The molecule has 124 valence electrons. The Morgan fingerprint density at radius 2 is 1.96 bits per heavy atom. The molecular weight excluding hydrogens is 318 g/mol. The molecule has 4 rings (SSSR count). The first-order valence-electron chi connectivity index (χ1n) is 7.67. The number of para-hydroxylation sites is 1. The summed E-state index contributed by atoms with van der Waals surface area (Å²) in [6.07, 6.45) is 4.80. The lowest BCUT2D eigenvalue weighted by atomic mass is 10.1. The van der Waals surface area contributed by atoms with E-state index in [-0.39, 0.29) is 0 Å². The molecule has 0 saturated carbocycles. The van der Waals surface area contributed by atoms with Crippen molar-refractivity contribution in [3.8, 4) is 5.75 Å². The summed E-state index contributed by atoms with van der Waals surface area (Å²) < 4.78 is 8.87. The van der Waals surface area contributed by atoms with Gasteiger partial charge in [-0.2, -0.15) is 5.10 Å². The van der Waals surface area contributed by atoms with Gasteiger partial charge in [0.1, 0.15) is 23.9 Å². The Morgan fingerprint density at radius 3 is 2.80 bits per heavy atom. The summed E-state index contributed by atoms with van der Waals surface area (Å²) in [5, 5.41) is 20.1. The molecule has 0 atom stereocenters. The molecule has 0 aliphatic carbocycles. The quantitative estimate of drug-likeness (QED) is 0.521. The zero-order valence-corrected chi connectivity index (χ0v) is 13.5. The number of nitrogens with zero attached hydrogens (tertiary/aromatic N) is 7. The number of hydrogen-bond donors (Lipinski definition) is 0. The van der Waals surface area contributed by atoms with Crippen LogP contribution in [0.5, 0.6) is 5.75 Å². The van der Waals surface area contributed by atoms with E-state index < -0.39 is 0 Å². The van der Waals surface area contributed by atoms with Crippen LogP contribution in [0.4, 0.5) is 0 Å². The smallest absolute Gasteiger partial charge is 0.141 e. The number of methoxy groups -OCH3 is 1. The van der Waals surface area contributed by atoms with Gasteiger partial charge in [-0.05, 0) is 35.9 Å². The molecule has 8 nitrogen and oxygen atoms in total. The van der Waals surface area contributed by atoms with Gasteiger partial charge in [-0.25, -0.2) is 9.36 Å². The van der Waals surface area contributed by atoms with Crippen molar-refractivity contribution >= 4 is 17.2 Å².